The van der Waals surface area contributed by atoms with E-state index in [1.54, 1.807) is 27.7 Å². The molecule has 0 aromatic carbocycles. The van der Waals surface area contributed by atoms with Crippen LogP contribution < -0.4 is 21.3 Å². The highest BCUT2D eigenvalue weighted by Crippen LogP contribution is 2.10. The number of nitrogens with one attached hydrogen (secondary N) is 4. The Labute approximate surface area is 191 Å². The fourth-order valence-electron chi connectivity index (χ4n) is 3.05. The molecule has 4 atom stereocenters. The summed E-state index contributed by atoms with van der Waals surface area (Å²) in [6.45, 7) is 13.7. The molecular weight excluding hydrogens is 416 g/mol. The van der Waals surface area contributed by atoms with Crippen LogP contribution in [0.5, 0.6) is 0 Å². The molecule has 0 aromatic rings. The van der Waals surface area contributed by atoms with Crippen LogP contribution in [0.3, 0.4) is 0 Å². The molecule has 10 nitrogen and oxygen atoms in total. The highest BCUT2D eigenvalue weighted by Gasteiger charge is 2.33. The maximum absolute atomic E-state index is 13.0. The summed E-state index contributed by atoms with van der Waals surface area (Å²) in [5, 5.41) is 10.5. The number of carbonyl (C=O) groups is 5. The zero-order valence-corrected chi connectivity index (χ0v) is 20.7. The molecule has 0 spiro atoms. The predicted molar refractivity (Wildman–Crippen MR) is 120 cm³/mol. The lowest BCUT2D eigenvalue weighted by Crippen LogP contribution is -2.59. The standard InChI is InChI=1S/C22H40N4O6/c1-11(2)10-16(19(28)23-14(7)22(31)32-9)25-20(29)18(13(5)6)26-21(30)17(12(3)4)24-15(8)27/h11-14,16-18H,10H2,1-9H3,(H,23,28)(H,24,27)(H,25,29)(H,26,30)/t14-,16-,17-,18-/m0/s1. The molecule has 0 aromatic heterocycles. The molecule has 0 aliphatic rings. The Kier molecular flexibility index (Phi) is 12.6. The topological polar surface area (TPSA) is 143 Å². The zero-order valence-electron chi connectivity index (χ0n) is 20.7. The predicted octanol–water partition coefficient (Wildman–Crippen LogP) is 0.497. The summed E-state index contributed by atoms with van der Waals surface area (Å²) >= 11 is 0. The summed E-state index contributed by atoms with van der Waals surface area (Å²) in [4.78, 5) is 61.6. The van der Waals surface area contributed by atoms with Crippen molar-refractivity contribution in [3.63, 3.8) is 0 Å². The van der Waals surface area contributed by atoms with Gasteiger partial charge in [-0.25, -0.2) is 4.79 Å². The van der Waals surface area contributed by atoms with Gasteiger partial charge < -0.3 is 26.0 Å². The van der Waals surface area contributed by atoms with Gasteiger partial charge in [0.05, 0.1) is 7.11 Å². The van der Waals surface area contributed by atoms with E-state index in [9.17, 15) is 24.0 Å². The summed E-state index contributed by atoms with van der Waals surface area (Å²) in [6, 6.07) is -3.48. The fraction of sp³-hybridized carbons (Fsp3) is 0.773. The van der Waals surface area contributed by atoms with E-state index < -0.39 is 47.9 Å². The third-order valence-corrected chi connectivity index (χ3v) is 4.81. The average Bonchev–Trinajstić information content (AvgIpc) is 2.67. The Morgan fingerprint density at radius 1 is 0.688 bits per heavy atom. The van der Waals surface area contributed by atoms with Crippen LogP contribution >= 0.6 is 0 Å². The number of rotatable bonds is 12. The van der Waals surface area contributed by atoms with Crippen molar-refractivity contribution in [1.82, 2.24) is 21.3 Å². The molecule has 0 unspecified atom stereocenters. The Balaban J connectivity index is 5.49. The van der Waals surface area contributed by atoms with Gasteiger partial charge in [0.1, 0.15) is 24.2 Å². The number of ether oxygens (including phenoxy) is 1. The minimum Gasteiger partial charge on any atom is -0.467 e. The van der Waals surface area contributed by atoms with Crippen LogP contribution in [0.25, 0.3) is 0 Å². The molecule has 0 fully saturated rings. The summed E-state index contributed by atoms with van der Waals surface area (Å²) in [7, 11) is 1.22. The van der Waals surface area contributed by atoms with Gasteiger partial charge in [-0.15, -0.1) is 0 Å². The van der Waals surface area contributed by atoms with Gasteiger partial charge >= 0.3 is 5.97 Å². The van der Waals surface area contributed by atoms with Crippen molar-refractivity contribution in [3.8, 4) is 0 Å². The van der Waals surface area contributed by atoms with E-state index in [-0.39, 0.29) is 23.7 Å². The average molecular weight is 457 g/mol. The van der Waals surface area contributed by atoms with Crippen molar-refractivity contribution < 1.29 is 28.7 Å². The lowest BCUT2D eigenvalue weighted by Gasteiger charge is -2.29. The van der Waals surface area contributed by atoms with Gasteiger partial charge in [-0.2, -0.15) is 0 Å². The van der Waals surface area contributed by atoms with Crippen molar-refractivity contribution in [2.24, 2.45) is 17.8 Å². The molecular formula is C22H40N4O6. The first kappa shape index (κ1) is 29.4. The third kappa shape index (κ3) is 10.1. The zero-order chi connectivity index (χ0) is 25.2. The first-order valence-electron chi connectivity index (χ1n) is 11.0. The van der Waals surface area contributed by atoms with E-state index in [1.807, 2.05) is 13.8 Å². The van der Waals surface area contributed by atoms with Gasteiger partial charge in [-0.05, 0) is 31.1 Å². The van der Waals surface area contributed by atoms with E-state index in [0.29, 0.717) is 6.42 Å². The second kappa shape index (κ2) is 13.7. The number of hydrogen-bond acceptors (Lipinski definition) is 6. The van der Waals surface area contributed by atoms with Crippen LogP contribution in [0.2, 0.25) is 0 Å². The Hall–Kier alpha value is -2.65. The Morgan fingerprint density at radius 2 is 1.16 bits per heavy atom. The molecule has 0 bridgehead atoms. The normalized spacial score (nSPS) is 14.9. The lowest BCUT2D eigenvalue weighted by molar-refractivity contribution is -0.145. The van der Waals surface area contributed by atoms with E-state index >= 15 is 0 Å². The van der Waals surface area contributed by atoms with Crippen molar-refractivity contribution in [2.45, 2.75) is 86.0 Å². The van der Waals surface area contributed by atoms with Crippen LogP contribution in [0, 0.1) is 17.8 Å². The summed E-state index contributed by atoms with van der Waals surface area (Å²) in [5.74, 6) is -2.85. The molecule has 184 valence electrons. The van der Waals surface area contributed by atoms with E-state index in [4.69, 9.17) is 0 Å². The molecule has 4 amide bonds. The number of esters is 1. The molecule has 4 N–H and O–H groups in total. The molecule has 0 saturated heterocycles. The van der Waals surface area contributed by atoms with Gasteiger partial charge in [-0.1, -0.05) is 41.5 Å². The minimum absolute atomic E-state index is 0.0802. The highest BCUT2D eigenvalue weighted by molar-refractivity contribution is 5.95. The largest absolute Gasteiger partial charge is 0.467 e. The van der Waals surface area contributed by atoms with Crippen molar-refractivity contribution in [2.75, 3.05) is 7.11 Å². The quantitative estimate of drug-likeness (QED) is 0.315. The number of carbonyl (C=O) groups excluding carboxylic acids is 5. The summed E-state index contributed by atoms with van der Waals surface area (Å²) < 4.78 is 4.62. The van der Waals surface area contributed by atoms with Crippen molar-refractivity contribution >= 4 is 29.6 Å². The number of amides is 4. The van der Waals surface area contributed by atoms with Crippen LogP contribution in [-0.2, 0) is 28.7 Å². The lowest BCUT2D eigenvalue weighted by atomic mass is 9.98. The van der Waals surface area contributed by atoms with Gasteiger partial charge in [0.15, 0.2) is 0 Å². The highest BCUT2D eigenvalue weighted by atomic mass is 16.5. The van der Waals surface area contributed by atoms with Gasteiger partial charge in [0.25, 0.3) is 0 Å². The van der Waals surface area contributed by atoms with Crippen LogP contribution in [0.1, 0.15) is 61.8 Å². The molecule has 0 radical (unpaired) electrons. The molecule has 10 heteroatoms. The van der Waals surface area contributed by atoms with Crippen LogP contribution in [0.4, 0.5) is 0 Å². The van der Waals surface area contributed by atoms with E-state index in [0.717, 1.165) is 0 Å². The Bertz CT molecular complexity index is 677. The summed E-state index contributed by atoms with van der Waals surface area (Å²) in [5.41, 5.74) is 0. The molecule has 0 aliphatic carbocycles. The molecule has 0 saturated carbocycles. The van der Waals surface area contributed by atoms with Gasteiger partial charge in [0, 0.05) is 6.92 Å². The minimum atomic E-state index is -0.919. The first-order valence-corrected chi connectivity index (χ1v) is 11.0. The number of methoxy groups -OCH3 is 1. The Morgan fingerprint density at radius 3 is 1.56 bits per heavy atom. The monoisotopic (exact) mass is 456 g/mol. The SMILES string of the molecule is COC(=O)[C@H](C)NC(=O)[C@H](CC(C)C)NC(=O)[C@@H](NC(=O)[C@@H](NC(C)=O)C(C)C)C(C)C. The first-order chi connectivity index (χ1) is 14.7. The maximum atomic E-state index is 13.0. The molecule has 0 aliphatic heterocycles. The van der Waals surface area contributed by atoms with Crippen LogP contribution in [-0.4, -0.2) is 60.9 Å². The molecule has 32 heavy (non-hydrogen) atoms. The third-order valence-electron chi connectivity index (χ3n) is 4.81. The number of hydrogen-bond donors (Lipinski definition) is 4. The molecule has 0 rings (SSSR count). The smallest absolute Gasteiger partial charge is 0.328 e. The van der Waals surface area contributed by atoms with Crippen molar-refractivity contribution in [3.05, 3.63) is 0 Å². The van der Waals surface area contributed by atoms with Crippen molar-refractivity contribution in [1.29, 1.82) is 0 Å². The maximum Gasteiger partial charge on any atom is 0.328 e. The second-order valence-electron chi connectivity index (χ2n) is 9.10. The fourth-order valence-corrected chi connectivity index (χ4v) is 3.05. The summed E-state index contributed by atoms with van der Waals surface area (Å²) in [6.07, 6.45) is 0.338. The van der Waals surface area contributed by atoms with E-state index in [1.165, 1.54) is 21.0 Å². The van der Waals surface area contributed by atoms with Crippen LogP contribution in [0.15, 0.2) is 0 Å². The van der Waals surface area contributed by atoms with Gasteiger partial charge in [-0.3, -0.25) is 19.2 Å². The van der Waals surface area contributed by atoms with Gasteiger partial charge in [0.2, 0.25) is 23.6 Å². The molecule has 0 heterocycles. The second-order valence-corrected chi connectivity index (χ2v) is 9.10. The van der Waals surface area contributed by atoms with E-state index in [2.05, 4.69) is 26.0 Å².